The van der Waals surface area contributed by atoms with E-state index < -0.39 is 0 Å². The van der Waals surface area contributed by atoms with Gasteiger partial charge in [-0.05, 0) is 44.9 Å². The molecule has 1 amide bonds. The fraction of sp³-hybridized carbons (Fsp3) is 0.562. The summed E-state index contributed by atoms with van der Waals surface area (Å²) in [6.07, 6.45) is 1.17. The molecule has 4 heteroatoms. The SMILES string of the molecule is CC(=O)Nc1ccc(C)c(NC2CCN(C(C)C)C2)c1. The molecule has 1 aliphatic rings. The Labute approximate surface area is 121 Å². The zero-order valence-corrected chi connectivity index (χ0v) is 12.9. The molecule has 4 nitrogen and oxygen atoms in total. The first-order valence-corrected chi connectivity index (χ1v) is 7.34. The highest BCUT2D eigenvalue weighted by molar-refractivity contribution is 5.89. The smallest absolute Gasteiger partial charge is 0.221 e. The number of aryl methyl sites for hydroxylation is 1. The minimum atomic E-state index is -0.0355. The molecule has 110 valence electrons. The van der Waals surface area contributed by atoms with Crippen molar-refractivity contribution >= 4 is 17.3 Å². The number of hydrogen-bond donors (Lipinski definition) is 2. The van der Waals surface area contributed by atoms with E-state index in [0.717, 1.165) is 24.5 Å². The number of hydrogen-bond acceptors (Lipinski definition) is 3. The summed E-state index contributed by atoms with van der Waals surface area (Å²) in [5.41, 5.74) is 3.18. The van der Waals surface area contributed by atoms with Gasteiger partial charge in [-0.2, -0.15) is 0 Å². The molecule has 0 saturated carbocycles. The highest BCUT2D eigenvalue weighted by Gasteiger charge is 2.24. The van der Waals surface area contributed by atoms with Gasteiger partial charge in [0.05, 0.1) is 0 Å². The fourth-order valence-electron chi connectivity index (χ4n) is 2.65. The largest absolute Gasteiger partial charge is 0.381 e. The number of benzene rings is 1. The molecule has 1 atom stereocenters. The van der Waals surface area contributed by atoms with Gasteiger partial charge in [0.25, 0.3) is 0 Å². The number of likely N-dealkylation sites (tertiary alicyclic amines) is 1. The molecule has 1 aliphatic heterocycles. The Hall–Kier alpha value is -1.55. The van der Waals surface area contributed by atoms with Crippen LogP contribution in [0.2, 0.25) is 0 Å². The minimum absolute atomic E-state index is 0.0355. The van der Waals surface area contributed by atoms with Gasteiger partial charge in [-0.1, -0.05) is 6.07 Å². The van der Waals surface area contributed by atoms with Crippen LogP contribution >= 0.6 is 0 Å². The van der Waals surface area contributed by atoms with Crippen molar-refractivity contribution in [2.75, 3.05) is 23.7 Å². The number of nitrogens with one attached hydrogen (secondary N) is 2. The molecule has 1 aromatic rings. The molecule has 1 saturated heterocycles. The molecule has 0 spiro atoms. The molecule has 0 bridgehead atoms. The van der Waals surface area contributed by atoms with Crippen molar-refractivity contribution in [1.29, 1.82) is 0 Å². The summed E-state index contributed by atoms with van der Waals surface area (Å²) in [7, 11) is 0. The van der Waals surface area contributed by atoms with Crippen LogP contribution in [0.3, 0.4) is 0 Å². The first-order chi connectivity index (χ1) is 9.45. The van der Waals surface area contributed by atoms with Crippen molar-refractivity contribution in [1.82, 2.24) is 4.90 Å². The topological polar surface area (TPSA) is 44.4 Å². The van der Waals surface area contributed by atoms with E-state index in [4.69, 9.17) is 0 Å². The Morgan fingerprint density at radius 3 is 2.75 bits per heavy atom. The summed E-state index contributed by atoms with van der Waals surface area (Å²) in [4.78, 5) is 13.6. The lowest BCUT2D eigenvalue weighted by atomic mass is 10.1. The van der Waals surface area contributed by atoms with Crippen molar-refractivity contribution in [3.63, 3.8) is 0 Å². The average molecular weight is 275 g/mol. The van der Waals surface area contributed by atoms with Gasteiger partial charge < -0.3 is 10.6 Å². The van der Waals surface area contributed by atoms with Gasteiger partial charge in [0.15, 0.2) is 0 Å². The summed E-state index contributed by atoms with van der Waals surface area (Å²) in [5, 5.41) is 6.45. The van der Waals surface area contributed by atoms with Gasteiger partial charge in [-0.15, -0.1) is 0 Å². The molecule has 1 unspecified atom stereocenters. The summed E-state index contributed by atoms with van der Waals surface area (Å²) in [6.45, 7) is 10.3. The van der Waals surface area contributed by atoms with Crippen LogP contribution in [-0.4, -0.2) is 36.0 Å². The molecule has 0 aromatic heterocycles. The average Bonchev–Trinajstić information content (AvgIpc) is 2.81. The van der Waals surface area contributed by atoms with Gasteiger partial charge in [0.1, 0.15) is 0 Å². The second-order valence-corrected chi connectivity index (χ2v) is 5.93. The van der Waals surface area contributed by atoms with Crippen LogP contribution in [-0.2, 0) is 4.79 Å². The molecule has 2 rings (SSSR count). The van der Waals surface area contributed by atoms with Crippen LogP contribution in [0.15, 0.2) is 18.2 Å². The van der Waals surface area contributed by atoms with Gasteiger partial charge in [0, 0.05) is 43.5 Å². The third-order valence-corrected chi connectivity index (χ3v) is 3.87. The van der Waals surface area contributed by atoms with Crippen molar-refractivity contribution in [3.8, 4) is 0 Å². The summed E-state index contributed by atoms with van der Waals surface area (Å²) < 4.78 is 0. The quantitative estimate of drug-likeness (QED) is 0.888. The fourth-order valence-corrected chi connectivity index (χ4v) is 2.65. The number of carbonyl (C=O) groups is 1. The van der Waals surface area contributed by atoms with E-state index in [1.54, 1.807) is 0 Å². The van der Waals surface area contributed by atoms with Crippen LogP contribution in [0.25, 0.3) is 0 Å². The minimum Gasteiger partial charge on any atom is -0.381 e. The van der Waals surface area contributed by atoms with Crippen LogP contribution < -0.4 is 10.6 Å². The van der Waals surface area contributed by atoms with Crippen LogP contribution in [0.1, 0.15) is 32.8 Å². The summed E-state index contributed by atoms with van der Waals surface area (Å²) >= 11 is 0. The molecule has 2 N–H and O–H groups in total. The number of carbonyl (C=O) groups excluding carboxylic acids is 1. The van der Waals surface area contributed by atoms with Crippen LogP contribution in [0.5, 0.6) is 0 Å². The Balaban J connectivity index is 2.03. The van der Waals surface area contributed by atoms with Gasteiger partial charge >= 0.3 is 0 Å². The highest BCUT2D eigenvalue weighted by atomic mass is 16.1. The number of nitrogens with zero attached hydrogens (tertiary/aromatic N) is 1. The van der Waals surface area contributed by atoms with Crippen molar-refractivity contribution in [2.24, 2.45) is 0 Å². The molecule has 1 aromatic carbocycles. The molecule has 1 heterocycles. The lowest BCUT2D eigenvalue weighted by molar-refractivity contribution is -0.114. The third kappa shape index (κ3) is 3.73. The van der Waals surface area contributed by atoms with Crippen molar-refractivity contribution < 1.29 is 4.79 Å². The summed E-state index contributed by atoms with van der Waals surface area (Å²) in [5.74, 6) is -0.0355. The molecule has 1 fully saturated rings. The van der Waals surface area contributed by atoms with E-state index in [1.165, 1.54) is 18.9 Å². The zero-order chi connectivity index (χ0) is 14.7. The predicted molar refractivity (Wildman–Crippen MR) is 84.2 cm³/mol. The second-order valence-electron chi connectivity index (χ2n) is 5.93. The Morgan fingerprint density at radius 2 is 2.15 bits per heavy atom. The lowest BCUT2D eigenvalue weighted by Gasteiger charge is -2.21. The first kappa shape index (κ1) is 14.9. The van der Waals surface area contributed by atoms with Crippen LogP contribution in [0.4, 0.5) is 11.4 Å². The Bertz CT molecular complexity index is 485. The molecular formula is C16H25N3O. The maximum Gasteiger partial charge on any atom is 0.221 e. The van der Waals surface area contributed by atoms with Gasteiger partial charge in [-0.25, -0.2) is 0 Å². The number of anilines is 2. The molecule has 0 aliphatic carbocycles. The Kier molecular flexibility index (Phi) is 4.65. The van der Waals surface area contributed by atoms with E-state index in [0.29, 0.717) is 12.1 Å². The van der Waals surface area contributed by atoms with Gasteiger partial charge in [-0.3, -0.25) is 9.69 Å². The molecule has 0 radical (unpaired) electrons. The monoisotopic (exact) mass is 275 g/mol. The number of amides is 1. The maximum absolute atomic E-state index is 11.1. The second kappa shape index (κ2) is 6.27. The predicted octanol–water partition coefficient (Wildman–Crippen LogP) is 2.85. The standard InChI is InChI=1S/C16H25N3O/c1-11(2)19-8-7-15(10-19)18-16-9-14(17-13(4)20)6-5-12(16)3/h5-6,9,11,15,18H,7-8,10H2,1-4H3,(H,17,20). The van der Waals surface area contributed by atoms with E-state index in [2.05, 4.69) is 36.3 Å². The molecule has 20 heavy (non-hydrogen) atoms. The summed E-state index contributed by atoms with van der Waals surface area (Å²) in [6, 6.07) is 7.10. The van der Waals surface area contributed by atoms with Gasteiger partial charge in [0.2, 0.25) is 5.91 Å². The first-order valence-electron chi connectivity index (χ1n) is 7.34. The van der Waals surface area contributed by atoms with Crippen LogP contribution in [0, 0.1) is 6.92 Å². The highest BCUT2D eigenvalue weighted by Crippen LogP contribution is 2.24. The lowest BCUT2D eigenvalue weighted by Crippen LogP contribution is -2.31. The zero-order valence-electron chi connectivity index (χ0n) is 12.9. The maximum atomic E-state index is 11.1. The Morgan fingerprint density at radius 1 is 1.40 bits per heavy atom. The third-order valence-electron chi connectivity index (χ3n) is 3.87. The van der Waals surface area contributed by atoms with E-state index in [1.807, 2.05) is 18.2 Å². The molecular weight excluding hydrogens is 250 g/mol. The normalized spacial score (nSPS) is 19.4. The van der Waals surface area contributed by atoms with Crippen molar-refractivity contribution in [3.05, 3.63) is 23.8 Å². The van der Waals surface area contributed by atoms with E-state index in [-0.39, 0.29) is 5.91 Å². The van der Waals surface area contributed by atoms with E-state index >= 15 is 0 Å². The van der Waals surface area contributed by atoms with Crippen molar-refractivity contribution in [2.45, 2.75) is 46.2 Å². The number of rotatable bonds is 4. The van der Waals surface area contributed by atoms with E-state index in [9.17, 15) is 4.79 Å².